The van der Waals surface area contributed by atoms with Crippen LogP contribution in [0.4, 0.5) is 0 Å². The Balaban J connectivity index is 1.69. The number of nitrogens with zero attached hydrogens (tertiary/aromatic N) is 3. The zero-order chi connectivity index (χ0) is 15.2. The molecular formula is C14H22N4O3. The minimum atomic E-state index is -0.756. The van der Waals surface area contributed by atoms with Crippen molar-refractivity contribution >= 4 is 11.9 Å². The third kappa shape index (κ3) is 4.56. The molecule has 1 fully saturated rings. The average Bonchev–Trinajstić information content (AvgIpc) is 2.97. The van der Waals surface area contributed by atoms with Gasteiger partial charge < -0.3 is 15.3 Å². The second kappa shape index (κ2) is 7.21. The average molecular weight is 294 g/mol. The Bertz CT molecular complexity index is 467. The monoisotopic (exact) mass is 294 g/mol. The second-order valence-corrected chi connectivity index (χ2v) is 5.50. The lowest BCUT2D eigenvalue weighted by atomic mass is 9.97. The highest BCUT2D eigenvalue weighted by Gasteiger charge is 2.26. The summed E-state index contributed by atoms with van der Waals surface area (Å²) >= 11 is 0. The number of hydrogen-bond donors (Lipinski definition) is 2. The maximum Gasteiger partial charge on any atom is 0.306 e. The Hall–Kier alpha value is -1.89. The third-order valence-corrected chi connectivity index (χ3v) is 3.82. The van der Waals surface area contributed by atoms with Crippen molar-refractivity contribution in [3.05, 3.63) is 18.5 Å². The van der Waals surface area contributed by atoms with E-state index in [1.54, 1.807) is 11.1 Å². The van der Waals surface area contributed by atoms with Gasteiger partial charge in [-0.3, -0.25) is 14.3 Å². The number of hydrogen-bond acceptors (Lipinski definition) is 4. The highest BCUT2D eigenvalue weighted by Crippen LogP contribution is 2.17. The lowest BCUT2D eigenvalue weighted by Gasteiger charge is -2.30. The van der Waals surface area contributed by atoms with E-state index < -0.39 is 5.97 Å². The molecule has 1 saturated heterocycles. The number of nitrogens with one attached hydrogen (secondary N) is 1. The van der Waals surface area contributed by atoms with Crippen molar-refractivity contribution in [2.24, 2.45) is 5.92 Å². The molecular weight excluding hydrogens is 272 g/mol. The van der Waals surface area contributed by atoms with Crippen molar-refractivity contribution in [2.45, 2.75) is 32.4 Å². The molecule has 1 aliphatic heterocycles. The van der Waals surface area contributed by atoms with Crippen LogP contribution in [0.5, 0.6) is 0 Å². The predicted octanol–water partition coefficient (Wildman–Crippen LogP) is 0.184. The first-order valence-corrected chi connectivity index (χ1v) is 7.27. The zero-order valence-corrected chi connectivity index (χ0v) is 12.2. The van der Waals surface area contributed by atoms with Gasteiger partial charge in [0.25, 0.3) is 0 Å². The van der Waals surface area contributed by atoms with Gasteiger partial charge in [0.15, 0.2) is 0 Å². The van der Waals surface area contributed by atoms with Crippen LogP contribution in [0.25, 0.3) is 0 Å². The Labute approximate surface area is 123 Å². The van der Waals surface area contributed by atoms with Crippen LogP contribution in [0.2, 0.25) is 0 Å². The van der Waals surface area contributed by atoms with Gasteiger partial charge in [0, 0.05) is 31.5 Å². The molecule has 1 aliphatic rings. The van der Waals surface area contributed by atoms with Crippen LogP contribution in [0.1, 0.15) is 19.8 Å². The number of likely N-dealkylation sites (tertiary alicyclic amines) is 1. The van der Waals surface area contributed by atoms with Crippen LogP contribution in [0, 0.1) is 5.92 Å². The maximum absolute atomic E-state index is 12.1. The first-order chi connectivity index (χ1) is 10.1. The molecule has 1 unspecified atom stereocenters. The molecule has 7 heteroatoms. The summed E-state index contributed by atoms with van der Waals surface area (Å²) in [7, 11) is 0. The van der Waals surface area contributed by atoms with Crippen molar-refractivity contribution in [3.8, 4) is 0 Å². The molecule has 1 aromatic heterocycles. The molecule has 2 rings (SSSR count). The standard InChI is InChI=1S/C14H22N4O3/c1-11(10-18-6-2-5-16-18)15-9-13(19)17-7-3-12(4-8-17)14(20)21/h2,5-6,11-12,15H,3-4,7-10H2,1H3,(H,20,21). The van der Waals surface area contributed by atoms with Crippen molar-refractivity contribution < 1.29 is 14.7 Å². The molecule has 1 aromatic rings. The fraction of sp³-hybridized carbons (Fsp3) is 0.643. The summed E-state index contributed by atoms with van der Waals surface area (Å²) in [5.41, 5.74) is 0. The van der Waals surface area contributed by atoms with Crippen molar-refractivity contribution in [2.75, 3.05) is 19.6 Å². The number of aromatic nitrogens is 2. The number of carboxylic acid groups (broad SMARTS) is 1. The minimum absolute atomic E-state index is 0.0335. The molecule has 7 nitrogen and oxygen atoms in total. The van der Waals surface area contributed by atoms with E-state index in [2.05, 4.69) is 10.4 Å². The summed E-state index contributed by atoms with van der Waals surface area (Å²) in [6.07, 6.45) is 4.70. The molecule has 0 saturated carbocycles. The minimum Gasteiger partial charge on any atom is -0.481 e. The van der Waals surface area contributed by atoms with E-state index >= 15 is 0 Å². The first-order valence-electron chi connectivity index (χ1n) is 7.27. The molecule has 2 N–H and O–H groups in total. The van der Waals surface area contributed by atoms with Gasteiger partial charge >= 0.3 is 5.97 Å². The van der Waals surface area contributed by atoms with Crippen LogP contribution in [-0.2, 0) is 16.1 Å². The van der Waals surface area contributed by atoms with E-state index in [0.29, 0.717) is 32.5 Å². The first kappa shape index (κ1) is 15.5. The van der Waals surface area contributed by atoms with E-state index in [1.165, 1.54) is 0 Å². The summed E-state index contributed by atoms with van der Waals surface area (Å²) in [5, 5.41) is 16.2. The van der Waals surface area contributed by atoms with Crippen LogP contribution >= 0.6 is 0 Å². The molecule has 0 radical (unpaired) electrons. The molecule has 21 heavy (non-hydrogen) atoms. The molecule has 0 aromatic carbocycles. The van der Waals surface area contributed by atoms with Gasteiger partial charge in [-0.2, -0.15) is 5.10 Å². The highest BCUT2D eigenvalue weighted by molar-refractivity contribution is 5.79. The SMILES string of the molecule is CC(Cn1cccn1)NCC(=O)N1CCC(C(=O)O)CC1. The van der Waals surface area contributed by atoms with Crippen molar-refractivity contribution in [1.29, 1.82) is 0 Å². The van der Waals surface area contributed by atoms with Crippen molar-refractivity contribution in [3.63, 3.8) is 0 Å². The van der Waals surface area contributed by atoms with Gasteiger partial charge in [-0.25, -0.2) is 0 Å². The molecule has 2 heterocycles. The normalized spacial score (nSPS) is 17.7. The van der Waals surface area contributed by atoms with Gasteiger partial charge in [0.1, 0.15) is 0 Å². The number of rotatable bonds is 6. The predicted molar refractivity (Wildman–Crippen MR) is 76.6 cm³/mol. The number of piperidine rings is 1. The second-order valence-electron chi connectivity index (χ2n) is 5.50. The van der Waals surface area contributed by atoms with E-state index in [4.69, 9.17) is 5.11 Å². The van der Waals surface area contributed by atoms with E-state index in [1.807, 2.05) is 23.9 Å². The molecule has 0 bridgehead atoms. The van der Waals surface area contributed by atoms with Gasteiger partial charge in [-0.1, -0.05) is 0 Å². The largest absolute Gasteiger partial charge is 0.481 e. The van der Waals surface area contributed by atoms with Gasteiger partial charge in [-0.15, -0.1) is 0 Å². The lowest BCUT2D eigenvalue weighted by molar-refractivity contribution is -0.145. The summed E-state index contributed by atoms with van der Waals surface area (Å²) in [5.74, 6) is -1.03. The summed E-state index contributed by atoms with van der Waals surface area (Å²) < 4.78 is 1.82. The van der Waals surface area contributed by atoms with E-state index in [9.17, 15) is 9.59 Å². The maximum atomic E-state index is 12.1. The zero-order valence-electron chi connectivity index (χ0n) is 12.2. The van der Waals surface area contributed by atoms with Gasteiger partial charge in [0.05, 0.1) is 19.0 Å². The fourth-order valence-corrected chi connectivity index (χ4v) is 2.50. The summed E-state index contributed by atoms with van der Waals surface area (Å²) in [6.45, 7) is 4.06. The Morgan fingerprint density at radius 3 is 2.71 bits per heavy atom. The van der Waals surface area contributed by atoms with Crippen LogP contribution in [-0.4, -0.2) is 57.3 Å². The number of aliphatic carboxylic acids is 1. The van der Waals surface area contributed by atoms with Gasteiger partial charge in [0.2, 0.25) is 5.91 Å². The number of amides is 1. The van der Waals surface area contributed by atoms with E-state index in [-0.39, 0.29) is 24.4 Å². The topological polar surface area (TPSA) is 87.5 Å². The van der Waals surface area contributed by atoms with Crippen molar-refractivity contribution in [1.82, 2.24) is 20.0 Å². The Morgan fingerprint density at radius 1 is 1.43 bits per heavy atom. The molecule has 0 aliphatic carbocycles. The number of carbonyl (C=O) groups excluding carboxylic acids is 1. The molecule has 1 amide bonds. The van der Waals surface area contributed by atoms with Crippen LogP contribution in [0.3, 0.4) is 0 Å². The smallest absolute Gasteiger partial charge is 0.306 e. The summed E-state index contributed by atoms with van der Waals surface area (Å²) in [6, 6.07) is 2.01. The Morgan fingerprint density at radius 2 is 2.14 bits per heavy atom. The molecule has 116 valence electrons. The van der Waals surface area contributed by atoms with Crippen LogP contribution in [0.15, 0.2) is 18.5 Å². The fourth-order valence-electron chi connectivity index (χ4n) is 2.50. The number of carboxylic acids is 1. The number of carbonyl (C=O) groups is 2. The van der Waals surface area contributed by atoms with E-state index in [0.717, 1.165) is 0 Å². The summed E-state index contributed by atoms with van der Waals surface area (Å²) in [4.78, 5) is 24.7. The van der Waals surface area contributed by atoms with Crippen LogP contribution < -0.4 is 5.32 Å². The third-order valence-electron chi connectivity index (χ3n) is 3.82. The Kier molecular flexibility index (Phi) is 5.32. The lowest BCUT2D eigenvalue weighted by Crippen LogP contribution is -2.46. The van der Waals surface area contributed by atoms with Gasteiger partial charge in [-0.05, 0) is 25.8 Å². The molecule has 0 spiro atoms. The molecule has 1 atom stereocenters. The quantitative estimate of drug-likeness (QED) is 0.782. The highest BCUT2D eigenvalue weighted by atomic mass is 16.4.